The van der Waals surface area contributed by atoms with Gasteiger partial charge in [0, 0.05) is 5.56 Å². The third-order valence-corrected chi connectivity index (χ3v) is 3.37. The highest BCUT2D eigenvalue weighted by molar-refractivity contribution is 7.91. The standard InChI is InChI=1S/C9H10ClN3O4S2/c1-17-9(14)13-19(15,16)12-7-3-2-5(8(11)18)4-6(7)10/h2-4,12H,1H3,(H2,11,18)(H,13,14). The van der Waals surface area contributed by atoms with E-state index >= 15 is 0 Å². The summed E-state index contributed by atoms with van der Waals surface area (Å²) in [6.45, 7) is 0. The number of hydrogen-bond donors (Lipinski definition) is 3. The first kappa shape index (κ1) is 15.5. The molecule has 0 radical (unpaired) electrons. The summed E-state index contributed by atoms with van der Waals surface area (Å²) in [5.74, 6) is 0. The summed E-state index contributed by atoms with van der Waals surface area (Å²) in [6, 6.07) is 4.26. The van der Waals surface area contributed by atoms with Gasteiger partial charge < -0.3 is 10.5 Å². The van der Waals surface area contributed by atoms with E-state index in [4.69, 9.17) is 29.6 Å². The number of amides is 1. The van der Waals surface area contributed by atoms with Crippen LogP contribution in [0, 0.1) is 0 Å². The van der Waals surface area contributed by atoms with Crippen molar-refractivity contribution in [2.75, 3.05) is 11.8 Å². The lowest BCUT2D eigenvalue weighted by Gasteiger charge is -2.10. The number of thiocarbonyl (C=S) groups is 1. The van der Waals surface area contributed by atoms with Crippen molar-refractivity contribution in [3.63, 3.8) is 0 Å². The van der Waals surface area contributed by atoms with Gasteiger partial charge in [0.1, 0.15) is 4.99 Å². The molecule has 104 valence electrons. The van der Waals surface area contributed by atoms with E-state index in [1.165, 1.54) is 18.2 Å². The number of rotatable bonds is 4. The third kappa shape index (κ3) is 4.54. The van der Waals surface area contributed by atoms with E-state index in [0.29, 0.717) is 5.56 Å². The number of nitrogens with one attached hydrogen (secondary N) is 2. The highest BCUT2D eigenvalue weighted by Gasteiger charge is 2.16. The van der Waals surface area contributed by atoms with E-state index in [9.17, 15) is 13.2 Å². The average Bonchev–Trinajstić information content (AvgIpc) is 2.30. The summed E-state index contributed by atoms with van der Waals surface area (Å²) in [5, 5.41) is 0.0838. The number of ether oxygens (including phenoxy) is 1. The van der Waals surface area contributed by atoms with Gasteiger partial charge in [-0.1, -0.05) is 23.8 Å². The van der Waals surface area contributed by atoms with Crippen molar-refractivity contribution in [1.29, 1.82) is 0 Å². The van der Waals surface area contributed by atoms with Crippen molar-refractivity contribution in [2.24, 2.45) is 5.73 Å². The van der Waals surface area contributed by atoms with Crippen LogP contribution in [0.1, 0.15) is 5.56 Å². The topological polar surface area (TPSA) is 111 Å². The van der Waals surface area contributed by atoms with Crippen LogP contribution in [0.15, 0.2) is 18.2 Å². The first-order valence-electron chi connectivity index (χ1n) is 4.73. The molecule has 0 atom stereocenters. The molecule has 10 heteroatoms. The zero-order valence-electron chi connectivity index (χ0n) is 9.64. The van der Waals surface area contributed by atoms with Gasteiger partial charge in [0.25, 0.3) is 0 Å². The molecule has 0 bridgehead atoms. The largest absolute Gasteiger partial charge is 0.452 e. The lowest BCUT2D eigenvalue weighted by Crippen LogP contribution is -2.35. The van der Waals surface area contributed by atoms with Crippen LogP contribution in [0.2, 0.25) is 5.02 Å². The Morgan fingerprint density at radius 3 is 2.58 bits per heavy atom. The molecule has 1 amide bonds. The van der Waals surface area contributed by atoms with Gasteiger partial charge in [-0.25, -0.2) is 9.52 Å². The molecule has 0 fully saturated rings. The van der Waals surface area contributed by atoms with E-state index < -0.39 is 16.3 Å². The molecule has 0 saturated heterocycles. The average molecular weight is 324 g/mol. The molecule has 0 aliphatic carbocycles. The van der Waals surface area contributed by atoms with Crippen LogP contribution in [0.3, 0.4) is 0 Å². The minimum absolute atomic E-state index is 0.0677. The fraction of sp³-hybridized carbons (Fsp3) is 0.111. The van der Waals surface area contributed by atoms with E-state index in [-0.39, 0.29) is 15.7 Å². The van der Waals surface area contributed by atoms with E-state index in [1.807, 2.05) is 0 Å². The first-order chi connectivity index (χ1) is 8.75. The van der Waals surface area contributed by atoms with Crippen molar-refractivity contribution >= 4 is 50.8 Å². The van der Waals surface area contributed by atoms with E-state index in [0.717, 1.165) is 7.11 Å². The SMILES string of the molecule is COC(=O)NS(=O)(=O)Nc1ccc(C(N)=S)cc1Cl. The summed E-state index contributed by atoms with van der Waals surface area (Å²) < 4.78 is 30.9. The fourth-order valence-electron chi connectivity index (χ4n) is 1.07. The van der Waals surface area contributed by atoms with Crippen LogP contribution in [0.5, 0.6) is 0 Å². The smallest absolute Gasteiger partial charge is 0.422 e. The number of hydrogen-bond acceptors (Lipinski definition) is 5. The van der Waals surface area contributed by atoms with Gasteiger partial charge in [-0.2, -0.15) is 8.42 Å². The third-order valence-electron chi connectivity index (χ3n) is 1.90. The van der Waals surface area contributed by atoms with Crippen molar-refractivity contribution in [3.05, 3.63) is 28.8 Å². The highest BCUT2D eigenvalue weighted by Crippen LogP contribution is 2.23. The molecule has 0 heterocycles. The molecule has 7 nitrogen and oxygen atoms in total. The maximum Gasteiger partial charge on any atom is 0.422 e. The maximum atomic E-state index is 11.5. The Labute approximate surface area is 120 Å². The zero-order chi connectivity index (χ0) is 14.6. The molecule has 0 aliphatic rings. The fourth-order valence-corrected chi connectivity index (χ4v) is 2.30. The molecule has 0 saturated carbocycles. The summed E-state index contributed by atoms with van der Waals surface area (Å²) in [4.78, 5) is 11.0. The molecular formula is C9H10ClN3O4S2. The number of methoxy groups -OCH3 is 1. The Hall–Kier alpha value is -1.58. The summed E-state index contributed by atoms with van der Waals surface area (Å²) in [5.41, 5.74) is 5.96. The number of carbonyl (C=O) groups is 1. The van der Waals surface area contributed by atoms with E-state index in [1.54, 1.807) is 4.72 Å². The van der Waals surface area contributed by atoms with Crippen molar-refractivity contribution < 1.29 is 17.9 Å². The van der Waals surface area contributed by atoms with Crippen molar-refractivity contribution in [2.45, 2.75) is 0 Å². The molecule has 4 N–H and O–H groups in total. The number of anilines is 1. The second kappa shape index (κ2) is 6.04. The Kier molecular flexibility index (Phi) is 4.92. The predicted octanol–water partition coefficient (Wildman–Crippen LogP) is 0.987. The highest BCUT2D eigenvalue weighted by atomic mass is 35.5. The van der Waals surface area contributed by atoms with Gasteiger partial charge in [0.15, 0.2) is 0 Å². The minimum atomic E-state index is -4.12. The second-order valence-corrected chi connectivity index (χ2v) is 5.52. The Morgan fingerprint density at radius 1 is 1.47 bits per heavy atom. The molecule has 0 spiro atoms. The van der Waals surface area contributed by atoms with Crippen LogP contribution in [-0.2, 0) is 14.9 Å². The van der Waals surface area contributed by atoms with Crippen LogP contribution >= 0.6 is 23.8 Å². The molecule has 19 heavy (non-hydrogen) atoms. The number of carbonyl (C=O) groups excluding carboxylic acids is 1. The number of nitrogens with two attached hydrogens (primary N) is 1. The summed E-state index contributed by atoms with van der Waals surface area (Å²) in [6.07, 6.45) is -1.12. The molecule has 1 aromatic rings. The van der Waals surface area contributed by atoms with Crippen molar-refractivity contribution in [1.82, 2.24) is 4.72 Å². The van der Waals surface area contributed by atoms with Crippen LogP contribution in [-0.4, -0.2) is 26.6 Å². The molecule has 1 rings (SSSR count). The Balaban J connectivity index is 2.94. The number of benzene rings is 1. The Morgan fingerprint density at radius 2 is 2.11 bits per heavy atom. The number of halogens is 1. The van der Waals surface area contributed by atoms with Gasteiger partial charge >= 0.3 is 16.3 Å². The molecule has 0 unspecified atom stereocenters. The zero-order valence-corrected chi connectivity index (χ0v) is 12.0. The molecule has 0 aliphatic heterocycles. The first-order valence-corrected chi connectivity index (χ1v) is 7.00. The monoisotopic (exact) mass is 323 g/mol. The van der Waals surface area contributed by atoms with Gasteiger partial charge in [0.2, 0.25) is 0 Å². The normalized spacial score (nSPS) is 10.6. The van der Waals surface area contributed by atoms with Crippen LogP contribution in [0.25, 0.3) is 0 Å². The quantitative estimate of drug-likeness (QED) is 0.713. The molecular weight excluding hydrogens is 314 g/mol. The molecule has 0 aromatic heterocycles. The van der Waals surface area contributed by atoms with Gasteiger partial charge in [-0.3, -0.25) is 4.72 Å². The maximum absolute atomic E-state index is 11.5. The van der Waals surface area contributed by atoms with Crippen LogP contribution in [0.4, 0.5) is 10.5 Å². The van der Waals surface area contributed by atoms with Gasteiger partial charge in [-0.05, 0) is 18.2 Å². The Bertz CT molecular complexity index is 618. The predicted molar refractivity (Wildman–Crippen MR) is 75.4 cm³/mol. The van der Waals surface area contributed by atoms with E-state index in [2.05, 4.69) is 9.46 Å². The van der Waals surface area contributed by atoms with Crippen LogP contribution < -0.4 is 15.2 Å². The van der Waals surface area contributed by atoms with Gasteiger partial charge in [-0.15, -0.1) is 0 Å². The minimum Gasteiger partial charge on any atom is -0.452 e. The summed E-state index contributed by atoms with van der Waals surface area (Å²) in [7, 11) is -3.09. The van der Waals surface area contributed by atoms with Crippen molar-refractivity contribution in [3.8, 4) is 0 Å². The second-order valence-electron chi connectivity index (χ2n) is 3.26. The van der Waals surface area contributed by atoms with Gasteiger partial charge in [0.05, 0.1) is 17.8 Å². The molecule has 1 aromatic carbocycles. The summed E-state index contributed by atoms with van der Waals surface area (Å²) >= 11 is 10.6. The lowest BCUT2D eigenvalue weighted by atomic mass is 10.2. The lowest BCUT2D eigenvalue weighted by molar-refractivity contribution is 0.177.